The molecular weight excluding hydrogens is 352 g/mol. The second-order valence-electron chi connectivity index (χ2n) is 6.92. The Bertz CT molecular complexity index is 681. The van der Waals surface area contributed by atoms with Gasteiger partial charge in [-0.25, -0.2) is 4.79 Å². The minimum Gasteiger partial charge on any atom is -0.493 e. The molecule has 27 heavy (non-hydrogen) atoms. The molecule has 0 unspecified atom stereocenters. The van der Waals surface area contributed by atoms with E-state index in [9.17, 15) is 14.4 Å². The summed E-state index contributed by atoms with van der Waals surface area (Å²) in [6, 6.07) is 4.61. The molecule has 1 aromatic carbocycles. The van der Waals surface area contributed by atoms with Crippen LogP contribution in [-0.2, 0) is 14.3 Å². The van der Waals surface area contributed by atoms with Crippen LogP contribution in [0, 0.1) is 0 Å². The highest BCUT2D eigenvalue weighted by Gasteiger charge is 2.19. The Morgan fingerprint density at radius 1 is 1.15 bits per heavy atom. The number of carbonyl (C=O) groups is 3. The minimum atomic E-state index is -0.669. The molecule has 0 atom stereocenters. The van der Waals surface area contributed by atoms with Crippen LogP contribution in [0.1, 0.15) is 38.1 Å². The number of methoxy groups -OCH3 is 1. The predicted octanol–water partition coefficient (Wildman–Crippen LogP) is 1.62. The Morgan fingerprint density at radius 2 is 1.81 bits per heavy atom. The molecule has 8 nitrogen and oxygen atoms in total. The van der Waals surface area contributed by atoms with Crippen molar-refractivity contribution >= 4 is 17.8 Å². The monoisotopic (exact) mass is 380 g/mol. The van der Waals surface area contributed by atoms with Crippen molar-refractivity contribution in [1.82, 2.24) is 10.2 Å². The Morgan fingerprint density at radius 3 is 2.37 bits per heavy atom. The van der Waals surface area contributed by atoms with E-state index >= 15 is 0 Å². The topological polar surface area (TPSA) is 94.2 Å². The van der Waals surface area contributed by atoms with E-state index in [-0.39, 0.29) is 23.6 Å². The summed E-state index contributed by atoms with van der Waals surface area (Å²) in [6.45, 7) is 7.26. The summed E-state index contributed by atoms with van der Waals surface area (Å²) in [4.78, 5) is 37.3. The van der Waals surface area contributed by atoms with E-state index in [1.54, 1.807) is 6.07 Å². The maximum atomic E-state index is 12.2. The van der Waals surface area contributed by atoms with E-state index in [1.165, 1.54) is 31.2 Å². The molecular formula is C19H28N2O6. The smallest absolute Gasteiger partial charge is 0.338 e. The molecule has 150 valence electrons. The zero-order chi connectivity index (χ0) is 20.6. The quantitative estimate of drug-likeness (QED) is 0.689. The Hall–Kier alpha value is -2.77. The molecule has 1 rings (SSSR count). The summed E-state index contributed by atoms with van der Waals surface area (Å²) >= 11 is 0. The summed E-state index contributed by atoms with van der Waals surface area (Å²) in [5, 5.41) is 2.76. The van der Waals surface area contributed by atoms with Crippen molar-refractivity contribution in [1.29, 1.82) is 0 Å². The fourth-order valence-corrected chi connectivity index (χ4v) is 2.15. The lowest BCUT2D eigenvalue weighted by Gasteiger charge is -2.23. The summed E-state index contributed by atoms with van der Waals surface area (Å²) in [7, 11) is 2.94. The lowest BCUT2D eigenvalue weighted by atomic mass is 10.1. The number of benzene rings is 1. The first-order valence-corrected chi connectivity index (χ1v) is 8.60. The van der Waals surface area contributed by atoms with Crippen molar-refractivity contribution < 1.29 is 28.6 Å². The molecule has 0 aromatic heterocycles. The van der Waals surface area contributed by atoms with Crippen LogP contribution in [0.2, 0.25) is 0 Å². The predicted molar refractivity (Wildman–Crippen MR) is 100.0 cm³/mol. The molecule has 0 saturated carbocycles. The third kappa shape index (κ3) is 7.55. The summed E-state index contributed by atoms with van der Waals surface area (Å²) in [6.07, 6.45) is 0. The van der Waals surface area contributed by atoms with Crippen molar-refractivity contribution in [2.45, 2.75) is 33.2 Å². The van der Waals surface area contributed by atoms with Crippen LogP contribution in [0.4, 0.5) is 0 Å². The van der Waals surface area contributed by atoms with Crippen molar-refractivity contribution in [3.63, 3.8) is 0 Å². The highest BCUT2D eigenvalue weighted by atomic mass is 16.5. The fraction of sp³-hybridized carbons (Fsp3) is 0.526. The fourth-order valence-electron chi connectivity index (χ4n) is 2.15. The van der Waals surface area contributed by atoms with Gasteiger partial charge in [0.15, 0.2) is 18.1 Å². The molecule has 0 bridgehead atoms. The summed E-state index contributed by atoms with van der Waals surface area (Å²) in [5.74, 6) is -0.533. The normalized spacial score (nSPS) is 10.7. The minimum absolute atomic E-state index is 0.121. The number of likely N-dealkylation sites (N-methyl/N-ethyl adjacent to an activating group) is 1. The molecule has 0 aliphatic carbocycles. The number of hydrogen-bond donors (Lipinski definition) is 1. The molecule has 0 aliphatic rings. The van der Waals surface area contributed by atoms with Crippen LogP contribution in [0.15, 0.2) is 18.2 Å². The van der Waals surface area contributed by atoms with E-state index < -0.39 is 18.5 Å². The standard InChI is InChI=1S/C19H28N2O6/c1-7-26-14-9-8-13(10-15(14)25-6)18(24)27-12-17(23)21(5)11-16(22)20-19(2,3)4/h8-10H,7,11-12H2,1-6H3,(H,20,22). The first kappa shape index (κ1) is 22.3. The van der Waals surface area contributed by atoms with Crippen LogP contribution in [0.3, 0.4) is 0 Å². The van der Waals surface area contributed by atoms with E-state index in [0.29, 0.717) is 18.1 Å². The molecule has 0 saturated heterocycles. The third-order valence-corrected chi connectivity index (χ3v) is 3.35. The molecule has 0 heterocycles. The van der Waals surface area contributed by atoms with Crippen molar-refractivity contribution in [3.05, 3.63) is 23.8 Å². The van der Waals surface area contributed by atoms with Gasteiger partial charge in [-0.2, -0.15) is 0 Å². The van der Waals surface area contributed by atoms with Crippen LogP contribution in [-0.4, -0.2) is 62.1 Å². The number of nitrogens with one attached hydrogen (secondary N) is 1. The lowest BCUT2D eigenvalue weighted by Crippen LogP contribution is -2.46. The highest BCUT2D eigenvalue weighted by molar-refractivity contribution is 5.92. The molecule has 8 heteroatoms. The average molecular weight is 380 g/mol. The summed E-state index contributed by atoms with van der Waals surface area (Å²) in [5.41, 5.74) is -0.156. The molecule has 1 N–H and O–H groups in total. The van der Waals surface area contributed by atoms with Crippen molar-refractivity contribution in [3.8, 4) is 11.5 Å². The van der Waals surface area contributed by atoms with Crippen molar-refractivity contribution in [2.75, 3.05) is 33.9 Å². The Balaban J connectivity index is 2.60. The Labute approximate surface area is 159 Å². The molecule has 0 fully saturated rings. The molecule has 2 amide bonds. The van der Waals surface area contributed by atoms with Gasteiger partial charge in [-0.3, -0.25) is 9.59 Å². The first-order valence-electron chi connectivity index (χ1n) is 8.60. The van der Waals surface area contributed by atoms with E-state index in [0.717, 1.165) is 0 Å². The molecule has 0 spiro atoms. The van der Waals surface area contributed by atoms with Gasteiger partial charge in [0.2, 0.25) is 5.91 Å². The van der Waals surface area contributed by atoms with Gasteiger partial charge >= 0.3 is 5.97 Å². The zero-order valence-electron chi connectivity index (χ0n) is 16.8. The van der Waals surface area contributed by atoms with E-state index in [4.69, 9.17) is 14.2 Å². The third-order valence-electron chi connectivity index (χ3n) is 3.35. The lowest BCUT2D eigenvalue weighted by molar-refractivity contribution is -0.137. The van der Waals surface area contributed by atoms with Crippen LogP contribution >= 0.6 is 0 Å². The van der Waals surface area contributed by atoms with E-state index in [2.05, 4.69) is 5.32 Å². The van der Waals surface area contributed by atoms with Gasteiger partial charge in [0, 0.05) is 12.6 Å². The molecule has 0 aliphatic heterocycles. The van der Waals surface area contributed by atoms with Gasteiger partial charge in [0.1, 0.15) is 0 Å². The number of ether oxygens (including phenoxy) is 3. The van der Waals surface area contributed by atoms with Gasteiger partial charge in [0.05, 0.1) is 25.8 Å². The van der Waals surface area contributed by atoms with Crippen LogP contribution < -0.4 is 14.8 Å². The number of nitrogens with zero attached hydrogens (tertiary/aromatic N) is 1. The highest BCUT2D eigenvalue weighted by Crippen LogP contribution is 2.28. The Kier molecular flexibility index (Phi) is 8.08. The largest absolute Gasteiger partial charge is 0.493 e. The second-order valence-corrected chi connectivity index (χ2v) is 6.92. The molecule has 1 aromatic rings. The van der Waals surface area contributed by atoms with Crippen molar-refractivity contribution in [2.24, 2.45) is 0 Å². The van der Waals surface area contributed by atoms with Gasteiger partial charge in [-0.05, 0) is 45.9 Å². The zero-order valence-corrected chi connectivity index (χ0v) is 16.8. The average Bonchev–Trinajstić information content (AvgIpc) is 2.58. The number of amides is 2. The van der Waals surface area contributed by atoms with Crippen LogP contribution in [0.25, 0.3) is 0 Å². The van der Waals surface area contributed by atoms with E-state index in [1.807, 2.05) is 27.7 Å². The second kappa shape index (κ2) is 9.80. The number of carbonyl (C=O) groups excluding carboxylic acids is 3. The summed E-state index contributed by atoms with van der Waals surface area (Å²) < 4.78 is 15.6. The maximum absolute atomic E-state index is 12.2. The number of rotatable bonds is 8. The molecule has 0 radical (unpaired) electrons. The van der Waals surface area contributed by atoms with Crippen LogP contribution in [0.5, 0.6) is 11.5 Å². The van der Waals surface area contributed by atoms with Gasteiger partial charge < -0.3 is 24.4 Å². The number of esters is 1. The number of hydrogen-bond acceptors (Lipinski definition) is 6. The van der Waals surface area contributed by atoms with Gasteiger partial charge in [0.25, 0.3) is 5.91 Å². The van der Waals surface area contributed by atoms with Gasteiger partial charge in [-0.1, -0.05) is 0 Å². The SMILES string of the molecule is CCOc1ccc(C(=O)OCC(=O)N(C)CC(=O)NC(C)(C)C)cc1OC. The maximum Gasteiger partial charge on any atom is 0.338 e. The van der Waals surface area contributed by atoms with Gasteiger partial charge in [-0.15, -0.1) is 0 Å². The first-order chi connectivity index (χ1) is 12.6.